The number of aliphatic imine (C=N–C) groups is 1. The molecule has 2 aromatic carbocycles. The standard InChI is InChI=1S/C25H27N3O5S/c1-3-32-20-13-9-17(10-14-20)26-22(29)15-21-23(30)28(19-11-12-19)25(34-21)27-18-7-5-16(6-8-18)24(31)33-4-2/h5-10,13-14,19,21H,3-4,11-12,15H2,1-2H3,(H,26,29)/t21-/m1/s1. The summed E-state index contributed by atoms with van der Waals surface area (Å²) in [7, 11) is 0. The van der Waals surface area contributed by atoms with E-state index < -0.39 is 5.25 Å². The van der Waals surface area contributed by atoms with Crippen LogP contribution in [0.2, 0.25) is 0 Å². The van der Waals surface area contributed by atoms with Crippen molar-refractivity contribution in [1.82, 2.24) is 4.90 Å². The highest BCUT2D eigenvalue weighted by molar-refractivity contribution is 8.15. The third kappa shape index (κ3) is 5.77. The molecule has 2 aromatic rings. The quantitative estimate of drug-likeness (QED) is 0.534. The number of carbonyl (C=O) groups is 3. The van der Waals surface area contributed by atoms with Crippen LogP contribution < -0.4 is 10.1 Å². The van der Waals surface area contributed by atoms with Crippen LogP contribution in [0.15, 0.2) is 53.5 Å². The van der Waals surface area contributed by atoms with E-state index >= 15 is 0 Å². The van der Waals surface area contributed by atoms with Crippen molar-refractivity contribution in [2.24, 2.45) is 4.99 Å². The van der Waals surface area contributed by atoms with Gasteiger partial charge in [-0.2, -0.15) is 0 Å². The highest BCUT2D eigenvalue weighted by atomic mass is 32.2. The zero-order valence-corrected chi connectivity index (χ0v) is 20.0. The molecule has 8 nitrogen and oxygen atoms in total. The first-order valence-electron chi connectivity index (χ1n) is 11.4. The summed E-state index contributed by atoms with van der Waals surface area (Å²) >= 11 is 1.31. The van der Waals surface area contributed by atoms with Crippen molar-refractivity contribution in [3.63, 3.8) is 0 Å². The summed E-state index contributed by atoms with van der Waals surface area (Å²) in [4.78, 5) is 43.9. The summed E-state index contributed by atoms with van der Waals surface area (Å²) in [6.07, 6.45) is 1.91. The maximum absolute atomic E-state index is 13.1. The average Bonchev–Trinajstić information content (AvgIpc) is 3.61. The SMILES string of the molecule is CCOC(=O)c1ccc(N=C2S[C@H](CC(=O)Nc3ccc(OCC)cc3)C(=O)N2C2CC2)cc1. The monoisotopic (exact) mass is 481 g/mol. The Morgan fingerprint density at radius 3 is 2.38 bits per heavy atom. The number of hydrogen-bond acceptors (Lipinski definition) is 7. The Bertz CT molecular complexity index is 1080. The van der Waals surface area contributed by atoms with Gasteiger partial charge in [0.05, 0.1) is 24.5 Å². The molecule has 9 heteroatoms. The first kappa shape index (κ1) is 23.8. The number of nitrogens with one attached hydrogen (secondary N) is 1. The lowest BCUT2D eigenvalue weighted by Crippen LogP contribution is -2.35. The van der Waals surface area contributed by atoms with Crippen molar-refractivity contribution >= 4 is 46.1 Å². The van der Waals surface area contributed by atoms with Crippen LogP contribution in [0.1, 0.15) is 43.5 Å². The summed E-state index contributed by atoms with van der Waals surface area (Å²) < 4.78 is 10.4. The third-order valence-electron chi connectivity index (χ3n) is 5.30. The minimum absolute atomic E-state index is 0.0563. The molecule has 178 valence electrons. The molecule has 1 N–H and O–H groups in total. The minimum Gasteiger partial charge on any atom is -0.494 e. The van der Waals surface area contributed by atoms with E-state index in [1.54, 1.807) is 60.4 Å². The summed E-state index contributed by atoms with van der Waals surface area (Å²) in [5.41, 5.74) is 1.73. The van der Waals surface area contributed by atoms with Crippen molar-refractivity contribution in [3.05, 3.63) is 54.1 Å². The van der Waals surface area contributed by atoms with Gasteiger partial charge in [0.15, 0.2) is 5.17 Å². The first-order valence-corrected chi connectivity index (χ1v) is 12.2. The molecule has 2 aliphatic rings. The summed E-state index contributed by atoms with van der Waals surface area (Å²) in [6.45, 7) is 4.55. The summed E-state index contributed by atoms with van der Waals surface area (Å²) in [5, 5.41) is 2.91. The van der Waals surface area contributed by atoms with Gasteiger partial charge in [-0.3, -0.25) is 14.5 Å². The number of esters is 1. The Hall–Kier alpha value is -3.33. The fourth-order valence-electron chi connectivity index (χ4n) is 3.54. The van der Waals surface area contributed by atoms with Gasteiger partial charge in [0.1, 0.15) is 11.0 Å². The van der Waals surface area contributed by atoms with Crippen molar-refractivity contribution < 1.29 is 23.9 Å². The Morgan fingerprint density at radius 1 is 1.06 bits per heavy atom. The Labute approximate surface area is 202 Å². The smallest absolute Gasteiger partial charge is 0.338 e. The highest BCUT2D eigenvalue weighted by Gasteiger charge is 2.46. The second-order valence-electron chi connectivity index (χ2n) is 7.92. The number of thioether (sulfide) groups is 1. The Balaban J connectivity index is 1.42. The topological polar surface area (TPSA) is 97.3 Å². The van der Waals surface area contributed by atoms with Crippen molar-refractivity contribution in [2.45, 2.75) is 44.4 Å². The normalized spacial score (nSPS) is 18.8. The van der Waals surface area contributed by atoms with Gasteiger partial charge in [0, 0.05) is 18.2 Å². The molecule has 1 atom stereocenters. The zero-order valence-electron chi connectivity index (χ0n) is 19.2. The van der Waals surface area contributed by atoms with Gasteiger partial charge in [-0.15, -0.1) is 0 Å². The van der Waals surface area contributed by atoms with Gasteiger partial charge in [0.2, 0.25) is 11.8 Å². The molecule has 1 aliphatic carbocycles. The van der Waals surface area contributed by atoms with E-state index in [4.69, 9.17) is 9.47 Å². The molecule has 1 saturated heterocycles. The second-order valence-corrected chi connectivity index (χ2v) is 9.09. The van der Waals surface area contributed by atoms with E-state index in [2.05, 4.69) is 10.3 Å². The van der Waals surface area contributed by atoms with Crippen LogP contribution in [0, 0.1) is 0 Å². The van der Waals surface area contributed by atoms with Crippen LogP contribution in [-0.2, 0) is 14.3 Å². The van der Waals surface area contributed by atoms with Crippen LogP contribution >= 0.6 is 11.8 Å². The lowest BCUT2D eigenvalue weighted by molar-refractivity contribution is -0.128. The largest absolute Gasteiger partial charge is 0.494 e. The number of amides is 2. The van der Waals surface area contributed by atoms with Gasteiger partial charge in [-0.05, 0) is 75.2 Å². The number of amidine groups is 1. The molecule has 34 heavy (non-hydrogen) atoms. The average molecular weight is 482 g/mol. The molecule has 0 radical (unpaired) electrons. The zero-order chi connectivity index (χ0) is 24.1. The van der Waals surface area contributed by atoms with Crippen molar-refractivity contribution in [1.29, 1.82) is 0 Å². The molecule has 4 rings (SSSR count). The lowest BCUT2D eigenvalue weighted by atomic mass is 10.2. The van der Waals surface area contributed by atoms with E-state index in [0.29, 0.717) is 35.3 Å². The predicted molar refractivity (Wildman–Crippen MR) is 132 cm³/mol. The molecule has 2 amide bonds. The van der Waals surface area contributed by atoms with Gasteiger partial charge < -0.3 is 14.8 Å². The van der Waals surface area contributed by atoms with E-state index in [0.717, 1.165) is 18.6 Å². The summed E-state index contributed by atoms with van der Waals surface area (Å²) in [6, 6.07) is 14.0. The molecular formula is C25H27N3O5S. The van der Waals surface area contributed by atoms with Crippen LogP contribution in [0.4, 0.5) is 11.4 Å². The number of nitrogens with zero attached hydrogens (tertiary/aromatic N) is 2. The Kier molecular flexibility index (Phi) is 7.52. The predicted octanol–water partition coefficient (Wildman–Crippen LogP) is 4.38. The molecular weight excluding hydrogens is 454 g/mol. The molecule has 1 heterocycles. The van der Waals surface area contributed by atoms with Crippen molar-refractivity contribution in [2.75, 3.05) is 18.5 Å². The molecule has 0 unspecified atom stereocenters. The van der Waals surface area contributed by atoms with E-state index in [1.807, 2.05) is 6.92 Å². The van der Waals surface area contributed by atoms with Gasteiger partial charge in [-0.25, -0.2) is 9.79 Å². The number of benzene rings is 2. The van der Waals surface area contributed by atoms with Crippen LogP contribution in [0.3, 0.4) is 0 Å². The number of hydrogen-bond donors (Lipinski definition) is 1. The fourth-order valence-corrected chi connectivity index (χ4v) is 4.75. The first-order chi connectivity index (χ1) is 16.5. The maximum Gasteiger partial charge on any atom is 0.338 e. The molecule has 0 spiro atoms. The van der Waals surface area contributed by atoms with E-state index in [1.165, 1.54) is 11.8 Å². The molecule has 0 bridgehead atoms. The lowest BCUT2D eigenvalue weighted by Gasteiger charge is -2.15. The highest BCUT2D eigenvalue weighted by Crippen LogP contribution is 2.39. The van der Waals surface area contributed by atoms with Crippen LogP contribution in [0.5, 0.6) is 5.75 Å². The van der Waals surface area contributed by atoms with Crippen molar-refractivity contribution in [3.8, 4) is 5.75 Å². The molecule has 2 fully saturated rings. The fraction of sp³-hybridized carbons (Fsp3) is 0.360. The number of ether oxygens (including phenoxy) is 2. The molecule has 0 aromatic heterocycles. The number of carbonyl (C=O) groups excluding carboxylic acids is 3. The van der Waals surface area contributed by atoms with Gasteiger partial charge >= 0.3 is 5.97 Å². The van der Waals surface area contributed by atoms with E-state index in [-0.39, 0.29) is 30.2 Å². The van der Waals surface area contributed by atoms with Gasteiger partial charge in [0.25, 0.3) is 0 Å². The van der Waals surface area contributed by atoms with Crippen LogP contribution in [0.25, 0.3) is 0 Å². The second kappa shape index (κ2) is 10.7. The Morgan fingerprint density at radius 2 is 1.76 bits per heavy atom. The maximum atomic E-state index is 13.1. The number of rotatable bonds is 9. The molecule has 1 saturated carbocycles. The van der Waals surface area contributed by atoms with Crippen LogP contribution in [-0.4, -0.2) is 52.4 Å². The molecule has 1 aliphatic heterocycles. The third-order valence-corrected chi connectivity index (χ3v) is 6.45. The van der Waals surface area contributed by atoms with E-state index in [9.17, 15) is 14.4 Å². The minimum atomic E-state index is -0.527. The van der Waals surface area contributed by atoms with Gasteiger partial charge in [-0.1, -0.05) is 11.8 Å². The number of anilines is 1. The summed E-state index contributed by atoms with van der Waals surface area (Å²) in [5.74, 6) is 0.0330.